The molecular weight excluding hydrogens is 354 g/mol. The van der Waals surface area contributed by atoms with Gasteiger partial charge in [-0.15, -0.1) is 5.10 Å². The van der Waals surface area contributed by atoms with Crippen molar-refractivity contribution in [2.45, 2.75) is 26.7 Å². The van der Waals surface area contributed by atoms with Gasteiger partial charge in [-0.05, 0) is 37.8 Å². The van der Waals surface area contributed by atoms with Gasteiger partial charge >= 0.3 is 0 Å². The van der Waals surface area contributed by atoms with Gasteiger partial charge in [-0.25, -0.2) is 9.67 Å². The number of halogens is 1. The zero-order valence-electron chi connectivity index (χ0n) is 14.9. The molecule has 2 heterocycles. The number of nitrogens with one attached hydrogen (secondary N) is 1. The van der Waals surface area contributed by atoms with Gasteiger partial charge in [0.15, 0.2) is 0 Å². The summed E-state index contributed by atoms with van der Waals surface area (Å²) in [7, 11) is 0. The van der Waals surface area contributed by atoms with Gasteiger partial charge in [0.2, 0.25) is 11.7 Å². The molecule has 1 fully saturated rings. The van der Waals surface area contributed by atoms with Crippen molar-refractivity contribution in [1.82, 2.24) is 25.0 Å². The summed E-state index contributed by atoms with van der Waals surface area (Å²) in [4.78, 5) is 29.9. The first-order valence-electron chi connectivity index (χ1n) is 8.68. The molecule has 0 saturated carbocycles. The number of nitrogens with zero attached hydrogens (tertiary/aromatic N) is 4. The van der Waals surface area contributed by atoms with Crippen LogP contribution in [0.15, 0.2) is 24.3 Å². The predicted octanol–water partition coefficient (Wildman–Crippen LogP) is 2.22. The first-order valence-corrected chi connectivity index (χ1v) is 9.05. The maximum atomic E-state index is 12.7. The van der Waals surface area contributed by atoms with Crippen LogP contribution >= 0.6 is 11.6 Å². The summed E-state index contributed by atoms with van der Waals surface area (Å²) in [5.41, 5.74) is 0.701. The van der Waals surface area contributed by atoms with E-state index in [2.05, 4.69) is 15.4 Å². The molecular formula is C18H22ClN5O2. The summed E-state index contributed by atoms with van der Waals surface area (Å²) < 4.78 is 1.60. The number of aryl methyl sites for hydroxylation is 1. The Morgan fingerprint density at radius 1 is 1.27 bits per heavy atom. The molecule has 7 nitrogen and oxygen atoms in total. The van der Waals surface area contributed by atoms with Crippen molar-refractivity contribution in [1.29, 1.82) is 0 Å². The number of amides is 2. The molecule has 1 aliphatic rings. The minimum Gasteiger partial charge on any atom is -0.356 e. The van der Waals surface area contributed by atoms with Crippen LogP contribution in [0.2, 0.25) is 5.02 Å². The smallest absolute Gasteiger partial charge is 0.293 e. The van der Waals surface area contributed by atoms with Crippen LogP contribution in [0, 0.1) is 12.8 Å². The SMILES string of the molecule is CC(=O)NCC1CCN(C(=O)c2nc(C)n(-c3ccccc3Cl)n2)CC1. The van der Waals surface area contributed by atoms with Crippen LogP contribution in [0.3, 0.4) is 0 Å². The van der Waals surface area contributed by atoms with Crippen molar-refractivity contribution in [2.24, 2.45) is 5.92 Å². The Morgan fingerprint density at radius 2 is 1.96 bits per heavy atom. The van der Waals surface area contributed by atoms with E-state index in [-0.39, 0.29) is 17.6 Å². The quantitative estimate of drug-likeness (QED) is 0.888. The summed E-state index contributed by atoms with van der Waals surface area (Å²) in [6.07, 6.45) is 1.71. The molecule has 2 aromatic rings. The number of rotatable bonds is 4. The van der Waals surface area contributed by atoms with Crippen molar-refractivity contribution in [3.05, 3.63) is 40.9 Å². The summed E-state index contributed by atoms with van der Waals surface area (Å²) >= 11 is 6.22. The summed E-state index contributed by atoms with van der Waals surface area (Å²) in [5, 5.41) is 7.76. The van der Waals surface area contributed by atoms with Gasteiger partial charge in [0, 0.05) is 26.6 Å². The second kappa shape index (κ2) is 7.86. The van der Waals surface area contributed by atoms with E-state index in [0.717, 1.165) is 12.8 Å². The molecule has 1 saturated heterocycles. The zero-order chi connectivity index (χ0) is 18.7. The Balaban J connectivity index is 1.67. The van der Waals surface area contributed by atoms with Crippen LogP contribution in [0.4, 0.5) is 0 Å². The van der Waals surface area contributed by atoms with Gasteiger partial charge in [0.25, 0.3) is 5.91 Å². The van der Waals surface area contributed by atoms with Crippen molar-refractivity contribution in [3.8, 4) is 5.69 Å². The van der Waals surface area contributed by atoms with E-state index in [9.17, 15) is 9.59 Å². The van der Waals surface area contributed by atoms with E-state index in [1.807, 2.05) is 18.2 Å². The van der Waals surface area contributed by atoms with Crippen molar-refractivity contribution in [2.75, 3.05) is 19.6 Å². The summed E-state index contributed by atoms with van der Waals surface area (Å²) in [6, 6.07) is 7.32. The molecule has 138 valence electrons. The Bertz CT molecular complexity index is 812. The number of benzene rings is 1. The zero-order valence-corrected chi connectivity index (χ0v) is 15.7. The Kier molecular flexibility index (Phi) is 5.56. The van der Waals surface area contributed by atoms with E-state index in [1.54, 1.807) is 22.6 Å². The second-order valence-corrected chi connectivity index (χ2v) is 6.93. The third kappa shape index (κ3) is 4.04. The minimum absolute atomic E-state index is 0.0201. The van der Waals surface area contributed by atoms with Gasteiger partial charge in [-0.3, -0.25) is 9.59 Å². The fourth-order valence-corrected chi connectivity index (χ4v) is 3.32. The maximum absolute atomic E-state index is 12.7. The van der Waals surface area contributed by atoms with Crippen molar-refractivity contribution >= 4 is 23.4 Å². The molecule has 1 aromatic heterocycles. The molecule has 0 bridgehead atoms. The molecule has 3 rings (SSSR count). The average Bonchev–Trinajstić information content (AvgIpc) is 3.02. The second-order valence-electron chi connectivity index (χ2n) is 6.52. The predicted molar refractivity (Wildman–Crippen MR) is 98.4 cm³/mol. The lowest BCUT2D eigenvalue weighted by Crippen LogP contribution is -2.41. The molecule has 0 aliphatic carbocycles. The lowest BCUT2D eigenvalue weighted by molar-refractivity contribution is -0.119. The number of hydrogen-bond donors (Lipinski definition) is 1. The fraction of sp³-hybridized carbons (Fsp3) is 0.444. The Morgan fingerprint density at radius 3 is 2.62 bits per heavy atom. The highest BCUT2D eigenvalue weighted by Gasteiger charge is 2.27. The molecule has 26 heavy (non-hydrogen) atoms. The molecule has 1 aliphatic heterocycles. The molecule has 0 radical (unpaired) electrons. The van der Waals surface area contributed by atoms with E-state index in [1.165, 1.54) is 6.92 Å². The number of para-hydroxylation sites is 1. The highest BCUT2D eigenvalue weighted by atomic mass is 35.5. The largest absolute Gasteiger partial charge is 0.356 e. The van der Waals surface area contributed by atoms with Gasteiger partial charge in [0.05, 0.1) is 10.7 Å². The van der Waals surface area contributed by atoms with Crippen LogP contribution in [-0.4, -0.2) is 51.1 Å². The van der Waals surface area contributed by atoms with Gasteiger partial charge in [-0.1, -0.05) is 23.7 Å². The highest BCUT2D eigenvalue weighted by molar-refractivity contribution is 6.32. The molecule has 0 unspecified atom stereocenters. The van der Waals surface area contributed by atoms with E-state index >= 15 is 0 Å². The molecule has 0 atom stereocenters. The van der Waals surface area contributed by atoms with Crippen LogP contribution in [0.25, 0.3) is 5.69 Å². The van der Waals surface area contributed by atoms with E-state index in [4.69, 9.17) is 11.6 Å². The first-order chi connectivity index (χ1) is 12.5. The molecule has 8 heteroatoms. The summed E-state index contributed by atoms with van der Waals surface area (Å²) in [6.45, 7) is 5.26. The lowest BCUT2D eigenvalue weighted by Gasteiger charge is -2.31. The topological polar surface area (TPSA) is 80.1 Å². The maximum Gasteiger partial charge on any atom is 0.293 e. The van der Waals surface area contributed by atoms with Crippen LogP contribution in [0.5, 0.6) is 0 Å². The third-order valence-corrected chi connectivity index (χ3v) is 4.90. The standard InChI is InChI=1S/C18H22ClN5O2/c1-12-21-17(22-24(12)16-6-4-3-5-15(16)19)18(26)23-9-7-14(8-10-23)11-20-13(2)25/h3-6,14H,7-11H2,1-2H3,(H,20,25). The Labute approximate surface area is 157 Å². The van der Waals surface area contributed by atoms with Gasteiger partial charge in [0.1, 0.15) is 5.82 Å². The molecule has 2 amide bonds. The van der Waals surface area contributed by atoms with E-state index in [0.29, 0.717) is 42.1 Å². The number of carbonyl (C=O) groups is 2. The van der Waals surface area contributed by atoms with Crippen LogP contribution < -0.4 is 5.32 Å². The monoisotopic (exact) mass is 375 g/mol. The number of carbonyl (C=O) groups excluding carboxylic acids is 2. The highest BCUT2D eigenvalue weighted by Crippen LogP contribution is 2.21. The molecule has 1 aromatic carbocycles. The summed E-state index contributed by atoms with van der Waals surface area (Å²) in [5.74, 6) is 1.01. The van der Waals surface area contributed by atoms with Crippen molar-refractivity contribution in [3.63, 3.8) is 0 Å². The molecule has 0 spiro atoms. The third-order valence-electron chi connectivity index (χ3n) is 4.58. The van der Waals surface area contributed by atoms with Gasteiger partial charge < -0.3 is 10.2 Å². The number of likely N-dealkylation sites (tertiary alicyclic amines) is 1. The molecule has 1 N–H and O–H groups in total. The number of aromatic nitrogens is 3. The fourth-order valence-electron chi connectivity index (χ4n) is 3.10. The minimum atomic E-state index is -0.170. The first kappa shape index (κ1) is 18.4. The van der Waals surface area contributed by atoms with Crippen LogP contribution in [0.1, 0.15) is 36.2 Å². The van der Waals surface area contributed by atoms with E-state index < -0.39 is 0 Å². The lowest BCUT2D eigenvalue weighted by atomic mass is 9.96. The van der Waals surface area contributed by atoms with Crippen LogP contribution in [-0.2, 0) is 4.79 Å². The number of hydrogen-bond acceptors (Lipinski definition) is 4. The average molecular weight is 376 g/mol. The van der Waals surface area contributed by atoms with Gasteiger partial charge in [-0.2, -0.15) is 0 Å². The number of piperidine rings is 1. The van der Waals surface area contributed by atoms with Crippen molar-refractivity contribution < 1.29 is 9.59 Å². The Hall–Kier alpha value is -2.41. The normalized spacial score (nSPS) is 15.1.